The van der Waals surface area contributed by atoms with Crippen molar-refractivity contribution in [3.63, 3.8) is 0 Å². The van der Waals surface area contributed by atoms with Crippen molar-refractivity contribution < 1.29 is 4.79 Å². The van der Waals surface area contributed by atoms with Crippen LogP contribution < -0.4 is 10.6 Å². The minimum Gasteiger partial charge on any atom is -0.326 e. The lowest BCUT2D eigenvalue weighted by Crippen LogP contribution is -2.18. The van der Waals surface area contributed by atoms with Crippen LogP contribution in [-0.4, -0.2) is 34.7 Å². The molecule has 22 heavy (non-hydrogen) atoms. The van der Waals surface area contributed by atoms with Crippen LogP contribution in [0.2, 0.25) is 0 Å². The van der Waals surface area contributed by atoms with E-state index in [0.29, 0.717) is 24.7 Å². The molecule has 1 fully saturated rings. The average Bonchev–Trinajstić information content (AvgIpc) is 3.23. The zero-order valence-corrected chi connectivity index (χ0v) is 13.2. The Bertz CT molecular complexity index is 638. The fourth-order valence-electron chi connectivity index (χ4n) is 2.14. The zero-order chi connectivity index (χ0) is 14.7. The number of carbonyl (C=O) groups excluding carboxylic acids is 1. The Kier molecular flexibility index (Phi) is 5.51. The van der Waals surface area contributed by atoms with Gasteiger partial charge >= 0.3 is 0 Å². The second kappa shape index (κ2) is 7.38. The molecule has 0 spiro atoms. The number of carbonyl (C=O) groups is 1. The Balaban J connectivity index is 0.00000176. The Morgan fingerprint density at radius 2 is 2.23 bits per heavy atom. The fraction of sp³-hybridized carbons (Fsp3) is 0.400. The van der Waals surface area contributed by atoms with E-state index < -0.39 is 0 Å². The number of hydrogen-bond donors (Lipinski definition) is 3. The molecule has 0 aliphatic heterocycles. The predicted octanol–water partition coefficient (Wildman–Crippen LogP) is 2.32. The van der Waals surface area contributed by atoms with Crippen molar-refractivity contribution in [1.82, 2.24) is 20.5 Å². The highest BCUT2D eigenvalue weighted by Crippen LogP contribution is 2.38. The van der Waals surface area contributed by atoms with Crippen molar-refractivity contribution in [1.29, 1.82) is 0 Å². The maximum atomic E-state index is 11.7. The van der Waals surface area contributed by atoms with Crippen LogP contribution in [0.15, 0.2) is 24.3 Å². The van der Waals surface area contributed by atoms with Crippen molar-refractivity contribution in [2.24, 2.45) is 0 Å². The van der Waals surface area contributed by atoms with Gasteiger partial charge in [0.1, 0.15) is 5.82 Å². The van der Waals surface area contributed by atoms with Crippen LogP contribution in [0.1, 0.15) is 31.0 Å². The molecule has 1 saturated carbocycles. The molecular weight excluding hydrogens is 302 g/mol. The van der Waals surface area contributed by atoms with Gasteiger partial charge < -0.3 is 10.6 Å². The first-order chi connectivity index (χ1) is 10.3. The molecule has 118 valence electrons. The number of hydrogen-bond acceptors (Lipinski definition) is 4. The SMILES string of the molecule is CNCCC(=O)Nc1cccc(-c2n[nH]c(C3CC3)n2)c1.Cl. The number of anilines is 1. The monoisotopic (exact) mass is 321 g/mol. The number of rotatable bonds is 6. The normalized spacial score (nSPS) is 13.5. The molecule has 1 aliphatic carbocycles. The summed E-state index contributed by atoms with van der Waals surface area (Å²) < 4.78 is 0. The topological polar surface area (TPSA) is 82.7 Å². The van der Waals surface area contributed by atoms with E-state index in [4.69, 9.17) is 0 Å². The van der Waals surface area contributed by atoms with E-state index in [0.717, 1.165) is 17.1 Å². The highest BCUT2D eigenvalue weighted by molar-refractivity contribution is 5.91. The number of amides is 1. The Morgan fingerprint density at radius 3 is 2.95 bits per heavy atom. The van der Waals surface area contributed by atoms with Crippen LogP contribution in [-0.2, 0) is 4.79 Å². The van der Waals surface area contributed by atoms with Crippen LogP contribution in [0.5, 0.6) is 0 Å². The van der Waals surface area contributed by atoms with E-state index in [1.807, 2.05) is 31.3 Å². The van der Waals surface area contributed by atoms with Crippen LogP contribution in [0.25, 0.3) is 11.4 Å². The minimum absolute atomic E-state index is 0. The van der Waals surface area contributed by atoms with E-state index in [-0.39, 0.29) is 18.3 Å². The number of nitrogens with zero attached hydrogens (tertiary/aromatic N) is 2. The number of aromatic nitrogens is 3. The van der Waals surface area contributed by atoms with Crippen LogP contribution in [0.4, 0.5) is 5.69 Å². The van der Waals surface area contributed by atoms with Gasteiger partial charge in [0.2, 0.25) is 5.91 Å². The lowest BCUT2D eigenvalue weighted by atomic mass is 10.2. The van der Waals surface area contributed by atoms with Crippen LogP contribution in [0, 0.1) is 0 Å². The molecule has 0 bridgehead atoms. The molecule has 0 atom stereocenters. The third-order valence-corrected chi connectivity index (χ3v) is 3.47. The Hall–Kier alpha value is -1.92. The van der Waals surface area contributed by atoms with Crippen molar-refractivity contribution in [2.45, 2.75) is 25.2 Å². The average molecular weight is 322 g/mol. The van der Waals surface area contributed by atoms with Gasteiger partial charge in [-0.3, -0.25) is 9.89 Å². The number of H-pyrrole nitrogens is 1. The van der Waals surface area contributed by atoms with Crippen molar-refractivity contribution >= 4 is 24.0 Å². The molecule has 3 rings (SSSR count). The molecule has 6 nitrogen and oxygen atoms in total. The van der Waals surface area contributed by atoms with E-state index in [2.05, 4.69) is 25.8 Å². The summed E-state index contributed by atoms with van der Waals surface area (Å²) in [5.41, 5.74) is 1.68. The van der Waals surface area contributed by atoms with Gasteiger partial charge in [-0.25, -0.2) is 4.98 Å². The third kappa shape index (κ3) is 4.05. The first kappa shape index (κ1) is 16.5. The van der Waals surface area contributed by atoms with Gasteiger partial charge in [-0.15, -0.1) is 12.4 Å². The maximum Gasteiger partial charge on any atom is 0.225 e. The molecule has 1 heterocycles. The zero-order valence-electron chi connectivity index (χ0n) is 12.4. The summed E-state index contributed by atoms with van der Waals surface area (Å²) >= 11 is 0. The van der Waals surface area contributed by atoms with Gasteiger partial charge in [-0.2, -0.15) is 5.10 Å². The van der Waals surface area contributed by atoms with Crippen molar-refractivity contribution in [3.8, 4) is 11.4 Å². The summed E-state index contributed by atoms with van der Waals surface area (Å²) in [5, 5.41) is 13.1. The van der Waals surface area contributed by atoms with Gasteiger partial charge in [-0.05, 0) is 32.0 Å². The first-order valence-corrected chi connectivity index (χ1v) is 7.23. The van der Waals surface area contributed by atoms with Crippen LogP contribution in [0.3, 0.4) is 0 Å². The maximum absolute atomic E-state index is 11.7. The second-order valence-corrected chi connectivity index (χ2v) is 5.30. The molecule has 1 aliphatic rings. The lowest BCUT2D eigenvalue weighted by molar-refractivity contribution is -0.116. The van der Waals surface area contributed by atoms with Crippen molar-refractivity contribution in [3.05, 3.63) is 30.1 Å². The molecule has 7 heteroatoms. The van der Waals surface area contributed by atoms with E-state index in [9.17, 15) is 4.79 Å². The molecule has 1 amide bonds. The standard InChI is InChI=1S/C15H19N5O.ClH/c1-16-8-7-13(21)17-12-4-2-3-11(9-12)15-18-14(19-20-15)10-5-6-10;/h2-4,9-10,16H,5-8H2,1H3,(H,17,21)(H,18,19,20);1H. The lowest BCUT2D eigenvalue weighted by Gasteiger charge is -2.06. The smallest absolute Gasteiger partial charge is 0.225 e. The summed E-state index contributed by atoms with van der Waals surface area (Å²) in [6.45, 7) is 0.664. The van der Waals surface area contributed by atoms with Crippen LogP contribution >= 0.6 is 12.4 Å². The highest BCUT2D eigenvalue weighted by Gasteiger charge is 2.27. The van der Waals surface area contributed by atoms with E-state index >= 15 is 0 Å². The third-order valence-electron chi connectivity index (χ3n) is 3.47. The molecule has 1 aromatic heterocycles. The molecule has 0 radical (unpaired) electrons. The number of nitrogens with one attached hydrogen (secondary N) is 3. The molecule has 3 N–H and O–H groups in total. The highest BCUT2D eigenvalue weighted by atomic mass is 35.5. The summed E-state index contributed by atoms with van der Waals surface area (Å²) in [7, 11) is 1.83. The van der Waals surface area contributed by atoms with Gasteiger partial charge in [0, 0.05) is 30.1 Å². The summed E-state index contributed by atoms with van der Waals surface area (Å²) in [4.78, 5) is 16.3. The van der Waals surface area contributed by atoms with E-state index in [1.54, 1.807) is 0 Å². The number of benzene rings is 1. The molecule has 1 aromatic carbocycles. The number of aromatic amines is 1. The van der Waals surface area contributed by atoms with Gasteiger partial charge in [0.15, 0.2) is 5.82 Å². The van der Waals surface area contributed by atoms with E-state index in [1.165, 1.54) is 12.8 Å². The molecule has 0 saturated heterocycles. The second-order valence-electron chi connectivity index (χ2n) is 5.30. The summed E-state index contributed by atoms with van der Waals surface area (Å²) in [6.07, 6.45) is 2.83. The Morgan fingerprint density at radius 1 is 1.41 bits per heavy atom. The molecular formula is C15H20ClN5O. The first-order valence-electron chi connectivity index (χ1n) is 7.23. The molecule has 2 aromatic rings. The Labute approximate surface area is 135 Å². The van der Waals surface area contributed by atoms with Gasteiger partial charge in [-0.1, -0.05) is 12.1 Å². The number of halogens is 1. The molecule has 0 unspecified atom stereocenters. The summed E-state index contributed by atoms with van der Waals surface area (Å²) in [6, 6.07) is 7.62. The van der Waals surface area contributed by atoms with Crippen molar-refractivity contribution in [2.75, 3.05) is 18.9 Å². The fourth-order valence-corrected chi connectivity index (χ4v) is 2.14. The predicted molar refractivity (Wildman–Crippen MR) is 88.2 cm³/mol. The van der Waals surface area contributed by atoms with Gasteiger partial charge in [0.25, 0.3) is 0 Å². The van der Waals surface area contributed by atoms with Gasteiger partial charge in [0.05, 0.1) is 0 Å². The summed E-state index contributed by atoms with van der Waals surface area (Å²) in [5.74, 6) is 2.20. The quantitative estimate of drug-likeness (QED) is 0.762. The largest absolute Gasteiger partial charge is 0.326 e. The minimum atomic E-state index is -0.00448.